The van der Waals surface area contributed by atoms with Crippen LogP contribution in [0.1, 0.15) is 68.9 Å². The monoisotopic (exact) mass is 824 g/mol. The van der Waals surface area contributed by atoms with E-state index in [2.05, 4.69) is 27.3 Å². The van der Waals surface area contributed by atoms with Gasteiger partial charge in [-0.25, -0.2) is 27.1 Å². The summed E-state index contributed by atoms with van der Waals surface area (Å²) in [6, 6.07) is 8.34. The molecule has 4 heterocycles. The number of rotatable bonds is 5. The van der Waals surface area contributed by atoms with E-state index in [9.17, 15) is 36.8 Å². The van der Waals surface area contributed by atoms with Gasteiger partial charge in [0.05, 0.1) is 24.9 Å². The Morgan fingerprint density at radius 1 is 1.03 bits per heavy atom. The number of sulfonamides is 1. The topological polar surface area (TPSA) is 202 Å². The number of fused-ring (bicyclic) bond motifs is 3. The number of amides is 5. The summed E-state index contributed by atoms with van der Waals surface area (Å²) in [5.74, 6) is -3.49. The summed E-state index contributed by atoms with van der Waals surface area (Å²) < 4.78 is 60.8. The molecule has 1 spiro atoms. The van der Waals surface area contributed by atoms with E-state index in [0.717, 1.165) is 12.8 Å². The number of anilines is 1. The molecular formula is C40H49FN6O10S. The summed E-state index contributed by atoms with van der Waals surface area (Å²) in [6.45, 7) is 4.61. The lowest BCUT2D eigenvalue weighted by Gasteiger charge is -2.29. The minimum Gasteiger partial charge on any atom is -0.447 e. The van der Waals surface area contributed by atoms with Crippen LogP contribution in [-0.4, -0.2) is 104 Å². The van der Waals surface area contributed by atoms with Gasteiger partial charge in [0.2, 0.25) is 11.8 Å². The number of hydrogen-bond acceptors (Lipinski definition) is 11. The normalized spacial score (nSPS) is 28.6. The fraction of sp³-hybridized carbons (Fsp3) is 0.525. The van der Waals surface area contributed by atoms with Gasteiger partial charge in [0, 0.05) is 37.6 Å². The first-order valence-electron chi connectivity index (χ1n) is 19.8. The van der Waals surface area contributed by atoms with Crippen LogP contribution in [0, 0.1) is 11.7 Å². The lowest BCUT2D eigenvalue weighted by molar-refractivity contribution is -0.141. The first-order valence-corrected chi connectivity index (χ1v) is 21.3. The van der Waals surface area contributed by atoms with E-state index in [1.165, 1.54) is 28.0 Å². The summed E-state index contributed by atoms with van der Waals surface area (Å²) in [5.41, 5.74) is -0.403. The second kappa shape index (κ2) is 17.3. The van der Waals surface area contributed by atoms with E-state index in [1.807, 2.05) is 0 Å². The van der Waals surface area contributed by atoms with E-state index in [0.29, 0.717) is 55.6 Å². The van der Waals surface area contributed by atoms with Gasteiger partial charge in [0.25, 0.3) is 15.9 Å². The number of alkyl carbamates (subject to hydrolysis) is 1. The number of ether oxygens (including phenoxy) is 3. The average molecular weight is 825 g/mol. The first-order chi connectivity index (χ1) is 27.9. The van der Waals surface area contributed by atoms with Crippen LogP contribution in [0.4, 0.5) is 19.7 Å². The third kappa shape index (κ3) is 8.92. The molecule has 16 nitrogen and oxygen atoms in total. The van der Waals surface area contributed by atoms with Gasteiger partial charge < -0.3 is 35.1 Å². The molecule has 18 heteroatoms. The van der Waals surface area contributed by atoms with Crippen molar-refractivity contribution in [3.8, 4) is 0 Å². The highest BCUT2D eigenvalue weighted by Gasteiger charge is 2.61. The van der Waals surface area contributed by atoms with Gasteiger partial charge in [-0.2, -0.15) is 0 Å². The average Bonchev–Trinajstić information content (AvgIpc) is 3.61. The second-order valence-corrected chi connectivity index (χ2v) is 17.1. The molecule has 5 amide bonds. The number of carbonyl (C=O) groups is 5. The third-order valence-electron chi connectivity index (χ3n) is 11.5. The van der Waals surface area contributed by atoms with Crippen LogP contribution in [0.15, 0.2) is 60.0 Å². The molecule has 0 radical (unpaired) electrons. The smallest absolute Gasteiger partial charge is 0.410 e. The van der Waals surface area contributed by atoms with Crippen LogP contribution in [0.2, 0.25) is 0 Å². The zero-order valence-corrected chi connectivity index (χ0v) is 32.9. The minimum absolute atomic E-state index is 0.00421. The lowest BCUT2D eigenvalue weighted by atomic mass is 10.0. The molecule has 4 aliphatic heterocycles. The van der Waals surface area contributed by atoms with Gasteiger partial charge in [0.15, 0.2) is 0 Å². The molecule has 1 aliphatic carbocycles. The summed E-state index contributed by atoms with van der Waals surface area (Å²) in [5, 5.41) is 8.56. The van der Waals surface area contributed by atoms with Crippen LogP contribution in [0.25, 0.3) is 0 Å². The number of nitrogens with one attached hydrogen (secondary N) is 4. The van der Waals surface area contributed by atoms with Gasteiger partial charge in [0.1, 0.15) is 41.0 Å². The fourth-order valence-corrected chi connectivity index (χ4v) is 9.41. The van der Waals surface area contributed by atoms with E-state index >= 15 is 0 Å². The Labute approximate surface area is 336 Å². The fourth-order valence-electron chi connectivity index (χ4n) is 8.19. The van der Waals surface area contributed by atoms with Crippen molar-refractivity contribution in [1.82, 2.24) is 25.2 Å². The number of benzene rings is 2. The van der Waals surface area contributed by atoms with Crippen molar-refractivity contribution in [2.45, 2.75) is 106 Å². The Bertz CT molecular complexity index is 2050. The van der Waals surface area contributed by atoms with Crippen molar-refractivity contribution in [2.75, 3.05) is 31.6 Å². The second-order valence-electron chi connectivity index (χ2n) is 15.5. The quantitative estimate of drug-likeness (QED) is 0.322. The van der Waals surface area contributed by atoms with Crippen LogP contribution in [0.3, 0.4) is 0 Å². The molecule has 6 atom stereocenters. The predicted molar refractivity (Wildman–Crippen MR) is 206 cm³/mol. The largest absolute Gasteiger partial charge is 0.447 e. The lowest BCUT2D eigenvalue weighted by Crippen LogP contribution is -2.58. The maximum atomic E-state index is 14.5. The number of hydrogen-bond donors (Lipinski definition) is 4. The van der Waals surface area contributed by atoms with Crippen molar-refractivity contribution in [1.29, 1.82) is 0 Å². The van der Waals surface area contributed by atoms with E-state index in [1.54, 1.807) is 30.3 Å². The van der Waals surface area contributed by atoms with Crippen molar-refractivity contribution < 1.29 is 51.0 Å². The van der Waals surface area contributed by atoms with Crippen LogP contribution < -0.4 is 20.7 Å². The zero-order chi connectivity index (χ0) is 41.0. The van der Waals surface area contributed by atoms with Gasteiger partial charge in [-0.15, -0.1) is 6.58 Å². The van der Waals surface area contributed by atoms with E-state index in [4.69, 9.17) is 14.2 Å². The molecule has 0 bridgehead atoms. The molecule has 1 saturated carbocycles. The molecule has 2 aromatic rings. The number of halogens is 1. The van der Waals surface area contributed by atoms with Crippen molar-refractivity contribution in [3.05, 3.63) is 72.1 Å². The predicted octanol–water partition coefficient (Wildman–Crippen LogP) is 3.46. The van der Waals surface area contributed by atoms with Crippen molar-refractivity contribution in [3.63, 3.8) is 0 Å². The molecule has 0 aromatic heterocycles. The molecule has 2 saturated heterocycles. The van der Waals surface area contributed by atoms with Gasteiger partial charge in [-0.3, -0.25) is 19.3 Å². The third-order valence-corrected chi connectivity index (χ3v) is 12.9. The van der Waals surface area contributed by atoms with Crippen molar-refractivity contribution >= 4 is 45.6 Å². The Morgan fingerprint density at radius 2 is 1.84 bits per heavy atom. The summed E-state index contributed by atoms with van der Waals surface area (Å²) in [7, 11) is -4.42. The standard InChI is InChI=1S/C40H49FN6O10S/c1-2-26-20-40(26)37(50)45-58(53,54)34-16-7-6-14-31(34)42-17-8-4-3-5-15-32(43-38(51)56-24-27-12-10-18-55-27)36(49)47-22-28(19-33(47)35(48)44-40)57-39(52)46-21-25-11-9-13-30(41)29(25)23-46/h2,6-7,9,11,13-14,16,26-28,32-33,42H,1,3-5,8,10,12,15,17-24H2,(H,43,51)(H,44,48)(H,45,50)/t26-,27?,28-,32+,33+,40-/m1/s1. The molecule has 4 N–H and O–H groups in total. The van der Waals surface area contributed by atoms with Gasteiger partial charge in [-0.05, 0) is 55.9 Å². The van der Waals surface area contributed by atoms with Gasteiger partial charge in [-0.1, -0.05) is 49.6 Å². The maximum absolute atomic E-state index is 14.5. The molecular weight excluding hydrogens is 776 g/mol. The molecule has 2 aromatic carbocycles. The molecule has 1 unspecified atom stereocenters. The number of carbonyl (C=O) groups excluding carboxylic acids is 5. The van der Waals surface area contributed by atoms with Crippen LogP contribution >= 0.6 is 0 Å². The Kier molecular flexibility index (Phi) is 12.2. The Hall–Kier alpha value is -5.23. The highest BCUT2D eigenvalue weighted by Crippen LogP contribution is 2.45. The Morgan fingerprint density at radius 3 is 2.60 bits per heavy atom. The van der Waals surface area contributed by atoms with Crippen molar-refractivity contribution in [2.24, 2.45) is 5.92 Å². The highest BCUT2D eigenvalue weighted by atomic mass is 32.2. The van der Waals surface area contributed by atoms with E-state index in [-0.39, 0.29) is 56.5 Å². The van der Waals surface area contributed by atoms with Crippen LogP contribution in [-0.2, 0) is 51.7 Å². The maximum Gasteiger partial charge on any atom is 0.410 e. The first kappa shape index (κ1) is 40.9. The molecule has 58 heavy (non-hydrogen) atoms. The summed E-state index contributed by atoms with van der Waals surface area (Å²) in [6.07, 6.45) is 2.73. The number of para-hydroxylation sites is 1. The van der Waals surface area contributed by atoms with Gasteiger partial charge >= 0.3 is 12.2 Å². The SMILES string of the molecule is C=C[C@@H]1C[C@@]12NC(=O)[C@@H]1C[C@@H](OC(=O)N3Cc4cccc(F)c4C3)CN1C(=O)[C@@H](NC(=O)OCC1CCCO1)CCCCCCNc1ccccc1S(=O)(=O)NC2=O. The van der Waals surface area contributed by atoms with E-state index < -0.39 is 75.4 Å². The minimum atomic E-state index is -4.42. The number of nitrogens with zero attached hydrogens (tertiary/aromatic N) is 2. The molecule has 7 rings (SSSR count). The summed E-state index contributed by atoms with van der Waals surface area (Å²) in [4.78, 5) is 71.8. The highest BCUT2D eigenvalue weighted by molar-refractivity contribution is 7.90. The zero-order valence-electron chi connectivity index (χ0n) is 32.1. The molecule has 312 valence electrons. The molecule has 3 fully saturated rings. The molecule has 5 aliphatic rings. The Balaban J connectivity index is 1.15. The van der Waals surface area contributed by atoms with Crippen LogP contribution in [0.5, 0.6) is 0 Å². The summed E-state index contributed by atoms with van der Waals surface area (Å²) >= 11 is 0.